The summed E-state index contributed by atoms with van der Waals surface area (Å²) in [6, 6.07) is 14.0. The molecule has 0 unspecified atom stereocenters. The maximum absolute atomic E-state index is 11.7. The molecule has 2 aromatic carbocycles. The Bertz CT molecular complexity index is 897. The average Bonchev–Trinajstić information content (AvgIpc) is 2.53. The van der Waals surface area contributed by atoms with Gasteiger partial charge >= 0.3 is 5.97 Å². The van der Waals surface area contributed by atoms with Crippen LogP contribution in [0.4, 0.5) is 11.4 Å². The predicted octanol–water partition coefficient (Wildman–Crippen LogP) is 4.20. The average molecular weight is 345 g/mol. The molecule has 0 saturated heterocycles. The number of pyridine rings is 1. The SMILES string of the molecule is COC(=O)c1ccc2nc(C)cc(Nc3cccc(O)c3)c2c1.Cl. The molecule has 1 aromatic heterocycles. The molecule has 0 fully saturated rings. The molecular formula is C18H17ClN2O3. The summed E-state index contributed by atoms with van der Waals surface area (Å²) in [6.07, 6.45) is 0. The van der Waals surface area contributed by atoms with E-state index in [4.69, 9.17) is 4.74 Å². The van der Waals surface area contributed by atoms with Crippen LogP contribution in [-0.2, 0) is 4.74 Å². The Balaban J connectivity index is 0.00000208. The molecule has 1 heterocycles. The number of carbonyl (C=O) groups is 1. The zero-order valence-corrected chi connectivity index (χ0v) is 14.1. The molecule has 0 aliphatic carbocycles. The summed E-state index contributed by atoms with van der Waals surface area (Å²) in [5, 5.41) is 13.7. The van der Waals surface area contributed by atoms with Crippen LogP contribution in [0.15, 0.2) is 48.5 Å². The molecule has 0 spiro atoms. The Morgan fingerprint density at radius 2 is 1.96 bits per heavy atom. The zero-order chi connectivity index (χ0) is 16.4. The van der Waals surface area contributed by atoms with Gasteiger partial charge in [0, 0.05) is 28.5 Å². The van der Waals surface area contributed by atoms with Gasteiger partial charge in [0.05, 0.1) is 18.2 Å². The third-order valence-electron chi connectivity index (χ3n) is 3.48. The van der Waals surface area contributed by atoms with Crippen molar-refractivity contribution in [3.63, 3.8) is 0 Å². The van der Waals surface area contributed by atoms with Gasteiger partial charge in [0.2, 0.25) is 0 Å². The van der Waals surface area contributed by atoms with E-state index in [-0.39, 0.29) is 18.2 Å². The fourth-order valence-electron chi connectivity index (χ4n) is 2.45. The van der Waals surface area contributed by atoms with Gasteiger partial charge in [-0.1, -0.05) is 6.07 Å². The Kier molecular flexibility index (Phi) is 5.26. The number of benzene rings is 2. The first-order valence-corrected chi connectivity index (χ1v) is 7.12. The summed E-state index contributed by atoms with van der Waals surface area (Å²) in [7, 11) is 1.35. The van der Waals surface area contributed by atoms with Gasteiger partial charge in [-0.05, 0) is 43.3 Å². The van der Waals surface area contributed by atoms with Crippen molar-refractivity contribution in [3.8, 4) is 5.75 Å². The Morgan fingerprint density at radius 3 is 2.67 bits per heavy atom. The molecule has 3 rings (SSSR count). The number of halogens is 1. The van der Waals surface area contributed by atoms with Crippen LogP contribution in [0.3, 0.4) is 0 Å². The number of hydrogen-bond donors (Lipinski definition) is 2. The fraction of sp³-hybridized carbons (Fsp3) is 0.111. The van der Waals surface area contributed by atoms with E-state index in [0.29, 0.717) is 5.56 Å². The first-order chi connectivity index (χ1) is 11.1. The van der Waals surface area contributed by atoms with Crippen LogP contribution in [0.1, 0.15) is 16.1 Å². The van der Waals surface area contributed by atoms with Gasteiger partial charge in [0.1, 0.15) is 5.75 Å². The summed E-state index contributed by atoms with van der Waals surface area (Å²) in [5.74, 6) is -0.212. The minimum atomic E-state index is -0.393. The largest absolute Gasteiger partial charge is 0.508 e. The van der Waals surface area contributed by atoms with Crippen LogP contribution in [0.25, 0.3) is 10.9 Å². The molecule has 24 heavy (non-hydrogen) atoms. The van der Waals surface area contributed by atoms with Crippen molar-refractivity contribution in [1.82, 2.24) is 4.98 Å². The topological polar surface area (TPSA) is 71.5 Å². The number of carbonyl (C=O) groups excluding carboxylic acids is 1. The van der Waals surface area contributed by atoms with E-state index >= 15 is 0 Å². The predicted molar refractivity (Wildman–Crippen MR) is 96.5 cm³/mol. The van der Waals surface area contributed by atoms with E-state index in [1.54, 1.807) is 36.4 Å². The van der Waals surface area contributed by atoms with Crippen molar-refractivity contribution in [2.45, 2.75) is 6.92 Å². The second kappa shape index (κ2) is 7.19. The van der Waals surface area contributed by atoms with E-state index < -0.39 is 5.97 Å². The van der Waals surface area contributed by atoms with Gasteiger partial charge in [0.25, 0.3) is 0 Å². The molecule has 0 atom stereocenters. The van der Waals surface area contributed by atoms with Crippen molar-refractivity contribution < 1.29 is 14.6 Å². The highest BCUT2D eigenvalue weighted by atomic mass is 35.5. The van der Waals surface area contributed by atoms with Gasteiger partial charge < -0.3 is 15.2 Å². The lowest BCUT2D eigenvalue weighted by atomic mass is 10.1. The minimum absolute atomic E-state index is 0. The van der Waals surface area contributed by atoms with Crippen LogP contribution >= 0.6 is 12.4 Å². The van der Waals surface area contributed by atoms with E-state index in [2.05, 4.69) is 10.3 Å². The van der Waals surface area contributed by atoms with E-state index in [0.717, 1.165) is 28.0 Å². The molecule has 6 heteroatoms. The second-order valence-corrected chi connectivity index (χ2v) is 5.21. The zero-order valence-electron chi connectivity index (χ0n) is 13.2. The smallest absolute Gasteiger partial charge is 0.337 e. The molecule has 3 aromatic rings. The fourth-order valence-corrected chi connectivity index (χ4v) is 2.45. The number of anilines is 2. The van der Waals surface area contributed by atoms with Crippen LogP contribution < -0.4 is 5.32 Å². The molecule has 5 nitrogen and oxygen atoms in total. The molecular weight excluding hydrogens is 328 g/mol. The van der Waals surface area contributed by atoms with Crippen LogP contribution in [0.5, 0.6) is 5.75 Å². The molecule has 0 saturated carbocycles. The third-order valence-corrected chi connectivity index (χ3v) is 3.48. The first-order valence-electron chi connectivity index (χ1n) is 7.12. The highest BCUT2D eigenvalue weighted by molar-refractivity contribution is 5.99. The molecule has 124 valence electrons. The van der Waals surface area contributed by atoms with Gasteiger partial charge in [-0.3, -0.25) is 4.98 Å². The Morgan fingerprint density at radius 1 is 1.17 bits per heavy atom. The number of phenolic OH excluding ortho intramolecular Hbond substituents is 1. The lowest BCUT2D eigenvalue weighted by Crippen LogP contribution is -2.02. The van der Waals surface area contributed by atoms with Crippen LogP contribution in [0, 0.1) is 6.92 Å². The highest BCUT2D eigenvalue weighted by Gasteiger charge is 2.10. The number of fused-ring (bicyclic) bond motifs is 1. The summed E-state index contributed by atoms with van der Waals surface area (Å²) in [5.41, 5.74) is 3.65. The number of rotatable bonds is 3. The van der Waals surface area contributed by atoms with Gasteiger partial charge in [0.15, 0.2) is 0 Å². The standard InChI is InChI=1S/C18H16N2O3.ClH/c1-11-8-17(20-13-4-3-5-14(21)10-13)15-9-12(18(22)23-2)6-7-16(15)19-11;/h3-10,21H,1-2H3,(H,19,20);1H. The Labute approximate surface area is 145 Å². The molecule has 2 N–H and O–H groups in total. The summed E-state index contributed by atoms with van der Waals surface area (Å²) < 4.78 is 4.77. The molecule has 0 bridgehead atoms. The van der Waals surface area contributed by atoms with Crippen LogP contribution in [-0.4, -0.2) is 23.2 Å². The Hall–Kier alpha value is -2.79. The highest BCUT2D eigenvalue weighted by Crippen LogP contribution is 2.28. The minimum Gasteiger partial charge on any atom is -0.508 e. The number of ether oxygens (including phenoxy) is 1. The molecule has 0 radical (unpaired) electrons. The normalized spacial score (nSPS) is 10.1. The molecule has 0 amide bonds. The number of hydrogen-bond acceptors (Lipinski definition) is 5. The van der Waals surface area contributed by atoms with Crippen molar-refractivity contribution in [1.29, 1.82) is 0 Å². The number of esters is 1. The van der Waals surface area contributed by atoms with Crippen molar-refractivity contribution >= 4 is 40.7 Å². The maximum Gasteiger partial charge on any atom is 0.337 e. The van der Waals surface area contributed by atoms with Gasteiger partial charge in [-0.25, -0.2) is 4.79 Å². The first kappa shape index (κ1) is 17.6. The van der Waals surface area contributed by atoms with Crippen LogP contribution in [0.2, 0.25) is 0 Å². The number of aryl methyl sites for hydroxylation is 1. The van der Waals surface area contributed by atoms with Gasteiger partial charge in [-0.2, -0.15) is 0 Å². The third kappa shape index (κ3) is 3.58. The number of nitrogens with zero attached hydrogens (tertiary/aromatic N) is 1. The second-order valence-electron chi connectivity index (χ2n) is 5.21. The van der Waals surface area contributed by atoms with Gasteiger partial charge in [-0.15, -0.1) is 12.4 Å². The molecule has 0 aliphatic heterocycles. The number of phenols is 1. The van der Waals surface area contributed by atoms with Crippen molar-refractivity contribution in [2.75, 3.05) is 12.4 Å². The quantitative estimate of drug-likeness (QED) is 0.697. The number of aromatic hydroxyl groups is 1. The van der Waals surface area contributed by atoms with E-state index in [9.17, 15) is 9.90 Å². The monoisotopic (exact) mass is 344 g/mol. The van der Waals surface area contributed by atoms with Crippen molar-refractivity contribution in [2.24, 2.45) is 0 Å². The van der Waals surface area contributed by atoms with Crippen molar-refractivity contribution in [3.05, 3.63) is 59.8 Å². The van der Waals surface area contributed by atoms with E-state index in [1.165, 1.54) is 7.11 Å². The summed E-state index contributed by atoms with van der Waals surface area (Å²) >= 11 is 0. The number of nitrogens with one attached hydrogen (secondary N) is 1. The van der Waals surface area contributed by atoms with E-state index in [1.807, 2.05) is 19.1 Å². The summed E-state index contributed by atoms with van der Waals surface area (Å²) in [6.45, 7) is 1.90. The lowest BCUT2D eigenvalue weighted by molar-refractivity contribution is 0.0601. The summed E-state index contributed by atoms with van der Waals surface area (Å²) in [4.78, 5) is 16.2. The maximum atomic E-state index is 11.7. The lowest BCUT2D eigenvalue weighted by Gasteiger charge is -2.12. The number of methoxy groups -OCH3 is 1. The number of aromatic nitrogens is 1. The molecule has 0 aliphatic rings.